The van der Waals surface area contributed by atoms with Gasteiger partial charge in [0.05, 0.1) is 27.9 Å². The molecule has 0 spiro atoms. The first-order chi connectivity index (χ1) is 25.8. The van der Waals surface area contributed by atoms with Gasteiger partial charge in [-0.25, -0.2) is 8.78 Å². The van der Waals surface area contributed by atoms with Crippen LogP contribution >= 0.6 is 0 Å². The highest BCUT2D eigenvalue weighted by Crippen LogP contribution is 2.44. The van der Waals surface area contributed by atoms with Gasteiger partial charge in [0.25, 0.3) is 0 Å². The standard InChI is InChI=1S/C42H51F2N7O3/c1-6-31-33(44)11-10-29-20-41(4,53)22-35(37(29)31)50-19-14-32-34(25-50)47-39(48-38(32)46-26-42(15-8-9-16-42)49(5)36(52)7-2)54-27-40(3)21-30(43)24-51(40)23-28-12-17-45-18-13-28/h1,7,10-13,17-18,30,35,53H,2,8-9,14-16,19-27H2,3-5H3,(H,46,47,48)/t30-,35+,40+,41+/m1/s1. The van der Waals surface area contributed by atoms with Crippen molar-refractivity contribution in [1.29, 1.82) is 0 Å². The van der Waals surface area contributed by atoms with Crippen LogP contribution in [0.25, 0.3) is 0 Å². The summed E-state index contributed by atoms with van der Waals surface area (Å²) in [5, 5.41) is 15.0. The summed E-state index contributed by atoms with van der Waals surface area (Å²) in [5.74, 6) is 2.66. The Bertz CT molecular complexity index is 1930. The molecule has 286 valence electrons. The lowest BCUT2D eigenvalue weighted by molar-refractivity contribution is -0.129. The van der Waals surface area contributed by atoms with Gasteiger partial charge in [-0.2, -0.15) is 9.97 Å². The molecule has 10 nitrogen and oxygen atoms in total. The second kappa shape index (κ2) is 15.0. The van der Waals surface area contributed by atoms with Crippen molar-refractivity contribution in [2.75, 3.05) is 38.6 Å². The highest BCUT2D eigenvalue weighted by atomic mass is 19.1. The Morgan fingerprint density at radius 3 is 2.69 bits per heavy atom. The van der Waals surface area contributed by atoms with Crippen molar-refractivity contribution in [1.82, 2.24) is 29.7 Å². The first-order valence-corrected chi connectivity index (χ1v) is 19.0. The topological polar surface area (TPSA) is 107 Å². The number of rotatable bonds is 11. The molecule has 7 rings (SSSR count). The summed E-state index contributed by atoms with van der Waals surface area (Å²) in [6, 6.07) is 6.83. The number of pyridine rings is 1. The van der Waals surface area contributed by atoms with E-state index in [0.717, 1.165) is 53.6 Å². The summed E-state index contributed by atoms with van der Waals surface area (Å²) in [4.78, 5) is 33.0. The molecule has 0 bridgehead atoms. The lowest BCUT2D eigenvalue weighted by Gasteiger charge is -2.44. The van der Waals surface area contributed by atoms with E-state index in [2.05, 4.69) is 32.6 Å². The number of hydrogen-bond donors (Lipinski definition) is 2. The monoisotopic (exact) mass is 739 g/mol. The number of hydrogen-bond acceptors (Lipinski definition) is 9. The fourth-order valence-electron chi connectivity index (χ4n) is 9.28. The van der Waals surface area contributed by atoms with Crippen LogP contribution in [0.5, 0.6) is 6.01 Å². The van der Waals surface area contributed by atoms with Gasteiger partial charge < -0.3 is 20.1 Å². The minimum Gasteiger partial charge on any atom is -0.461 e. The van der Waals surface area contributed by atoms with Crippen molar-refractivity contribution < 1.29 is 23.4 Å². The molecule has 1 saturated carbocycles. The maximum atomic E-state index is 15.1. The van der Waals surface area contributed by atoms with Crippen molar-refractivity contribution in [2.24, 2.45) is 0 Å². The van der Waals surface area contributed by atoms with E-state index in [4.69, 9.17) is 21.1 Å². The molecule has 4 aliphatic rings. The predicted molar refractivity (Wildman–Crippen MR) is 203 cm³/mol. The molecule has 54 heavy (non-hydrogen) atoms. The Morgan fingerprint density at radius 2 is 1.96 bits per heavy atom. The lowest BCUT2D eigenvalue weighted by Crippen LogP contribution is -2.51. The van der Waals surface area contributed by atoms with E-state index in [1.165, 1.54) is 12.1 Å². The number of carbonyl (C=O) groups excluding carboxylic acids is 1. The number of nitrogens with one attached hydrogen (secondary N) is 1. The lowest BCUT2D eigenvalue weighted by atomic mass is 9.75. The summed E-state index contributed by atoms with van der Waals surface area (Å²) < 4.78 is 36.6. The zero-order valence-corrected chi connectivity index (χ0v) is 31.6. The second-order valence-electron chi connectivity index (χ2n) is 16.2. The average molecular weight is 740 g/mol. The first kappa shape index (κ1) is 37.9. The zero-order chi connectivity index (χ0) is 38.3. The number of aliphatic hydroxyl groups is 1. The number of nitrogens with zero attached hydrogens (tertiary/aromatic N) is 6. The SMILES string of the molecule is C#Cc1c(F)ccc2c1[C@@H](N1CCc3c(nc(OC[C@]4(C)C[C@@H](F)CN4Cc4ccncc4)nc3NCC3(N(C)C(=O)C=C)CCCC3)C1)C[C@@](C)(O)C2. The van der Waals surface area contributed by atoms with Crippen LogP contribution in [-0.4, -0.2) is 96.8 Å². The maximum absolute atomic E-state index is 15.1. The number of fused-ring (bicyclic) bond motifs is 2. The van der Waals surface area contributed by atoms with Crippen LogP contribution in [0.4, 0.5) is 14.6 Å². The van der Waals surface area contributed by atoms with E-state index in [1.807, 2.05) is 33.0 Å². The summed E-state index contributed by atoms with van der Waals surface area (Å²) in [6.07, 6.45) is 15.1. The van der Waals surface area contributed by atoms with E-state index >= 15 is 8.78 Å². The molecule has 2 N–H and O–H groups in total. The predicted octanol–water partition coefficient (Wildman–Crippen LogP) is 5.54. The molecule has 2 fully saturated rings. The second-order valence-corrected chi connectivity index (χ2v) is 16.2. The third-order valence-electron chi connectivity index (χ3n) is 12.3. The molecule has 2 aliphatic carbocycles. The van der Waals surface area contributed by atoms with Gasteiger partial charge in [-0.05, 0) is 80.5 Å². The van der Waals surface area contributed by atoms with Crippen molar-refractivity contribution >= 4 is 11.7 Å². The molecule has 1 saturated heterocycles. The summed E-state index contributed by atoms with van der Waals surface area (Å²) in [7, 11) is 1.83. The van der Waals surface area contributed by atoms with Crippen LogP contribution in [0.15, 0.2) is 49.3 Å². The van der Waals surface area contributed by atoms with Gasteiger partial charge in [-0.15, -0.1) is 6.42 Å². The third kappa shape index (κ3) is 7.46. The van der Waals surface area contributed by atoms with Crippen molar-refractivity contribution in [2.45, 2.75) is 107 Å². The number of likely N-dealkylation sites (tertiary alicyclic amines) is 1. The Kier molecular flexibility index (Phi) is 10.5. The van der Waals surface area contributed by atoms with Gasteiger partial charge >= 0.3 is 6.01 Å². The van der Waals surface area contributed by atoms with E-state index in [9.17, 15) is 9.90 Å². The van der Waals surface area contributed by atoms with Crippen molar-refractivity contribution in [3.63, 3.8) is 0 Å². The minimum atomic E-state index is -1.01. The largest absolute Gasteiger partial charge is 0.461 e. The molecule has 0 unspecified atom stereocenters. The molecule has 4 atom stereocenters. The van der Waals surface area contributed by atoms with E-state index in [0.29, 0.717) is 64.2 Å². The third-order valence-corrected chi connectivity index (χ3v) is 12.3. The number of anilines is 1. The quantitative estimate of drug-likeness (QED) is 0.194. The van der Waals surface area contributed by atoms with Crippen LogP contribution < -0.4 is 10.1 Å². The van der Waals surface area contributed by atoms with Crippen LogP contribution in [0, 0.1) is 18.2 Å². The molecule has 4 heterocycles. The van der Waals surface area contributed by atoms with E-state index in [-0.39, 0.29) is 30.1 Å². The molecule has 2 aliphatic heterocycles. The molecular weight excluding hydrogens is 689 g/mol. The normalized spacial score (nSPS) is 26.4. The number of likely N-dealkylation sites (N-methyl/N-ethyl adjacent to an activating group) is 1. The smallest absolute Gasteiger partial charge is 0.318 e. The van der Waals surface area contributed by atoms with Gasteiger partial charge in [0.1, 0.15) is 24.4 Å². The number of benzene rings is 1. The Labute approximate surface area is 317 Å². The summed E-state index contributed by atoms with van der Waals surface area (Å²) in [6.45, 7) is 10.0. The van der Waals surface area contributed by atoms with Crippen molar-refractivity contribution in [3.05, 3.63) is 88.6 Å². The summed E-state index contributed by atoms with van der Waals surface area (Å²) in [5.41, 5.74) is 2.54. The number of halogens is 2. The van der Waals surface area contributed by atoms with Gasteiger partial charge in [-0.1, -0.05) is 31.4 Å². The van der Waals surface area contributed by atoms with E-state index < -0.39 is 28.7 Å². The molecule has 1 aromatic carbocycles. The van der Waals surface area contributed by atoms with Gasteiger partial charge in [0.2, 0.25) is 5.91 Å². The van der Waals surface area contributed by atoms with Crippen LogP contribution in [0.1, 0.15) is 91.9 Å². The minimum absolute atomic E-state index is 0.123. The molecule has 12 heteroatoms. The fraction of sp³-hybridized carbons (Fsp3) is 0.524. The zero-order valence-electron chi connectivity index (χ0n) is 31.6. The number of ether oxygens (including phenoxy) is 1. The highest BCUT2D eigenvalue weighted by molar-refractivity contribution is 5.87. The number of aromatic nitrogens is 3. The molecular formula is C42H51F2N7O3. The van der Waals surface area contributed by atoms with Crippen LogP contribution in [0.3, 0.4) is 0 Å². The fourth-order valence-corrected chi connectivity index (χ4v) is 9.28. The van der Waals surface area contributed by atoms with Crippen LogP contribution in [-0.2, 0) is 30.7 Å². The Hall–Kier alpha value is -4.44. The Balaban J connectivity index is 1.21. The molecule has 0 radical (unpaired) electrons. The Morgan fingerprint density at radius 1 is 1.20 bits per heavy atom. The number of amides is 1. The number of carbonyl (C=O) groups is 1. The molecule has 2 aromatic heterocycles. The first-order valence-electron chi connectivity index (χ1n) is 19.0. The average Bonchev–Trinajstić information content (AvgIpc) is 3.75. The van der Waals surface area contributed by atoms with Crippen LogP contribution in [0.2, 0.25) is 0 Å². The summed E-state index contributed by atoms with van der Waals surface area (Å²) >= 11 is 0. The van der Waals surface area contributed by atoms with Gasteiger partial charge in [0, 0.05) is 76.6 Å². The maximum Gasteiger partial charge on any atom is 0.318 e. The molecule has 1 amide bonds. The van der Waals surface area contributed by atoms with E-state index in [1.54, 1.807) is 23.4 Å². The molecule has 3 aromatic rings. The van der Waals surface area contributed by atoms with Crippen molar-refractivity contribution in [3.8, 4) is 18.4 Å². The van der Waals surface area contributed by atoms with Gasteiger partial charge in [-0.3, -0.25) is 19.6 Å². The highest BCUT2D eigenvalue weighted by Gasteiger charge is 2.44. The van der Waals surface area contributed by atoms with Gasteiger partial charge in [0.15, 0.2) is 0 Å². The number of alkyl halides is 1. The number of terminal acetylenes is 1.